The fourth-order valence-corrected chi connectivity index (χ4v) is 0.827. The van der Waals surface area contributed by atoms with Crippen LogP contribution < -0.4 is 5.73 Å². The smallest absolute Gasteiger partial charge is 0.206 e. The van der Waals surface area contributed by atoms with Crippen molar-refractivity contribution in [3.8, 4) is 0 Å². The van der Waals surface area contributed by atoms with Gasteiger partial charge in [-0.1, -0.05) is 6.92 Å². The minimum absolute atomic E-state index is 0.388. The van der Waals surface area contributed by atoms with Gasteiger partial charge in [-0.05, 0) is 6.42 Å². The van der Waals surface area contributed by atoms with Crippen molar-refractivity contribution < 1.29 is 19.8 Å². The Hall–Kier alpha value is -0.780. The van der Waals surface area contributed by atoms with E-state index in [0.29, 0.717) is 6.42 Å². The van der Waals surface area contributed by atoms with Crippen molar-refractivity contribution in [2.75, 3.05) is 13.2 Å². The summed E-state index contributed by atoms with van der Waals surface area (Å²) in [4.78, 5) is 22.2. The monoisotopic (exact) mass is 188 g/mol. The topological polar surface area (TPSA) is 101 Å². The molecule has 0 spiro atoms. The Balaban J connectivity index is 4.61. The van der Waals surface area contributed by atoms with Crippen LogP contribution in [0.4, 0.5) is 0 Å². The van der Waals surface area contributed by atoms with Crippen LogP contribution in [0.15, 0.2) is 0 Å². The van der Waals surface area contributed by atoms with Crippen molar-refractivity contribution in [1.29, 1.82) is 0 Å². The molecule has 0 aromatic rings. The number of hydrogen-bond donors (Lipinski definition) is 3. The van der Waals surface area contributed by atoms with Gasteiger partial charge in [0.15, 0.2) is 11.6 Å². The molecule has 1 radical (unpaired) electrons. The van der Waals surface area contributed by atoms with Crippen LogP contribution in [0.3, 0.4) is 0 Å². The van der Waals surface area contributed by atoms with Gasteiger partial charge in [0.25, 0.3) is 0 Å². The highest BCUT2D eigenvalue weighted by atomic mass is 16.3. The number of Topliss-reactive ketones (excluding diaryl/α,β-unsaturated/α-hetero) is 2. The number of hydrogen-bond acceptors (Lipinski definition) is 5. The molecule has 0 heterocycles. The van der Waals surface area contributed by atoms with Crippen LogP contribution in [0, 0.1) is 6.42 Å². The Labute approximate surface area is 76.5 Å². The van der Waals surface area contributed by atoms with Gasteiger partial charge in [0.1, 0.15) is 0 Å². The summed E-state index contributed by atoms with van der Waals surface area (Å²) in [5, 5.41) is 18.1. The van der Waals surface area contributed by atoms with Crippen molar-refractivity contribution in [2.45, 2.75) is 18.9 Å². The first-order valence-corrected chi connectivity index (χ1v) is 3.97. The number of carbonyl (C=O) groups is 2. The Bertz CT molecular complexity index is 204. The van der Waals surface area contributed by atoms with Crippen molar-refractivity contribution in [2.24, 2.45) is 5.73 Å². The van der Waals surface area contributed by atoms with Gasteiger partial charge < -0.3 is 15.9 Å². The van der Waals surface area contributed by atoms with E-state index in [1.165, 1.54) is 0 Å². The summed E-state index contributed by atoms with van der Waals surface area (Å²) in [5.41, 5.74) is 2.64. The minimum Gasteiger partial charge on any atom is -0.392 e. The fourth-order valence-electron chi connectivity index (χ4n) is 0.827. The Kier molecular flexibility index (Phi) is 4.76. The maximum absolute atomic E-state index is 11.2. The van der Waals surface area contributed by atoms with Crippen LogP contribution in [-0.2, 0) is 9.59 Å². The quantitative estimate of drug-likeness (QED) is 0.437. The highest BCUT2D eigenvalue weighted by Crippen LogP contribution is 2.09. The summed E-state index contributed by atoms with van der Waals surface area (Å²) in [5.74, 6) is -1.67. The lowest BCUT2D eigenvalue weighted by Crippen LogP contribution is -2.52. The number of aliphatic hydroxyl groups is 2. The molecule has 0 saturated carbocycles. The molecule has 0 bridgehead atoms. The molecule has 0 saturated heterocycles. The summed E-state index contributed by atoms with van der Waals surface area (Å²) in [6, 6.07) is 0. The van der Waals surface area contributed by atoms with E-state index in [-0.39, 0.29) is 0 Å². The zero-order valence-corrected chi connectivity index (χ0v) is 7.49. The third-order valence-electron chi connectivity index (χ3n) is 1.67. The summed E-state index contributed by atoms with van der Waals surface area (Å²) < 4.78 is 0. The zero-order valence-electron chi connectivity index (χ0n) is 7.49. The molecule has 0 rings (SSSR count). The second-order valence-corrected chi connectivity index (χ2v) is 2.62. The van der Waals surface area contributed by atoms with E-state index in [2.05, 4.69) is 0 Å². The maximum atomic E-state index is 11.2. The van der Waals surface area contributed by atoms with E-state index in [4.69, 9.17) is 10.8 Å². The number of ketones is 2. The third kappa shape index (κ3) is 2.58. The molecule has 0 aromatic heterocycles. The standard InChI is InChI=1S/C8H14NO4/c1-2-3-6(11)8(13,5-10)7(12)4-9/h3,10,13H,2,4-5,9H2,1H3. The van der Waals surface area contributed by atoms with Gasteiger partial charge in [-0.25, -0.2) is 0 Å². The third-order valence-corrected chi connectivity index (χ3v) is 1.67. The molecule has 1 atom stereocenters. The van der Waals surface area contributed by atoms with Gasteiger partial charge in [0.2, 0.25) is 5.60 Å². The second-order valence-electron chi connectivity index (χ2n) is 2.62. The zero-order chi connectivity index (χ0) is 10.5. The molecule has 4 N–H and O–H groups in total. The molecule has 0 fully saturated rings. The van der Waals surface area contributed by atoms with Gasteiger partial charge in [0.05, 0.1) is 13.2 Å². The normalized spacial score (nSPS) is 15.1. The average Bonchev–Trinajstić information content (AvgIpc) is 2.15. The van der Waals surface area contributed by atoms with E-state index in [1.54, 1.807) is 6.92 Å². The first-order chi connectivity index (χ1) is 6.02. The van der Waals surface area contributed by atoms with Gasteiger partial charge in [-0.3, -0.25) is 9.59 Å². The lowest BCUT2D eigenvalue weighted by molar-refractivity contribution is -0.152. The fraction of sp³-hybridized carbons (Fsp3) is 0.625. The second kappa shape index (κ2) is 5.06. The predicted octanol–water partition coefficient (Wildman–Crippen LogP) is -1.58. The molecule has 0 amide bonds. The first-order valence-electron chi connectivity index (χ1n) is 3.97. The van der Waals surface area contributed by atoms with Crippen LogP contribution in [0.25, 0.3) is 0 Å². The summed E-state index contributed by atoms with van der Waals surface area (Å²) in [6.07, 6.45) is 1.53. The lowest BCUT2D eigenvalue weighted by Gasteiger charge is -2.21. The van der Waals surface area contributed by atoms with Crippen LogP contribution in [0.1, 0.15) is 13.3 Å². The summed E-state index contributed by atoms with van der Waals surface area (Å²) in [7, 11) is 0. The Morgan fingerprint density at radius 2 is 2.08 bits per heavy atom. The summed E-state index contributed by atoms with van der Waals surface area (Å²) in [6.45, 7) is 0.279. The molecule has 0 aromatic carbocycles. The van der Waals surface area contributed by atoms with Crippen molar-refractivity contribution in [3.63, 3.8) is 0 Å². The van der Waals surface area contributed by atoms with E-state index < -0.39 is 30.3 Å². The van der Waals surface area contributed by atoms with Crippen LogP contribution in [0.5, 0.6) is 0 Å². The van der Waals surface area contributed by atoms with E-state index in [1.807, 2.05) is 0 Å². The summed E-state index contributed by atoms with van der Waals surface area (Å²) >= 11 is 0. The molecular weight excluding hydrogens is 174 g/mol. The molecule has 5 nitrogen and oxygen atoms in total. The van der Waals surface area contributed by atoms with Crippen LogP contribution in [0.2, 0.25) is 0 Å². The first kappa shape index (κ1) is 12.2. The molecule has 1 unspecified atom stereocenters. The molecule has 5 heteroatoms. The molecular formula is C8H14NO4. The van der Waals surface area contributed by atoms with Crippen molar-refractivity contribution >= 4 is 11.6 Å². The van der Waals surface area contributed by atoms with Gasteiger partial charge in [-0.2, -0.15) is 0 Å². The lowest BCUT2D eigenvalue weighted by atomic mass is 9.91. The number of aliphatic hydroxyl groups excluding tert-OH is 1. The number of carbonyl (C=O) groups excluding carboxylic acids is 2. The highest BCUT2D eigenvalue weighted by molar-refractivity contribution is 6.14. The van der Waals surface area contributed by atoms with Gasteiger partial charge in [-0.15, -0.1) is 0 Å². The van der Waals surface area contributed by atoms with E-state index >= 15 is 0 Å². The predicted molar refractivity (Wildman–Crippen MR) is 45.7 cm³/mol. The number of nitrogens with two attached hydrogens (primary N) is 1. The van der Waals surface area contributed by atoms with Crippen molar-refractivity contribution in [3.05, 3.63) is 6.42 Å². The molecule has 13 heavy (non-hydrogen) atoms. The van der Waals surface area contributed by atoms with E-state index in [0.717, 1.165) is 6.42 Å². The average molecular weight is 188 g/mol. The highest BCUT2D eigenvalue weighted by Gasteiger charge is 2.41. The largest absolute Gasteiger partial charge is 0.392 e. The van der Waals surface area contributed by atoms with Gasteiger partial charge >= 0.3 is 0 Å². The molecule has 75 valence electrons. The molecule has 0 aliphatic heterocycles. The van der Waals surface area contributed by atoms with Crippen LogP contribution >= 0.6 is 0 Å². The Morgan fingerprint density at radius 1 is 1.54 bits per heavy atom. The molecule has 0 aliphatic rings. The van der Waals surface area contributed by atoms with Crippen molar-refractivity contribution in [1.82, 2.24) is 0 Å². The van der Waals surface area contributed by atoms with Gasteiger partial charge in [0, 0.05) is 6.42 Å². The van der Waals surface area contributed by atoms with Crippen LogP contribution in [-0.4, -0.2) is 40.5 Å². The number of rotatable bonds is 6. The van der Waals surface area contributed by atoms with E-state index in [9.17, 15) is 14.7 Å². The molecule has 0 aliphatic carbocycles. The Morgan fingerprint density at radius 3 is 2.38 bits per heavy atom. The maximum Gasteiger partial charge on any atom is 0.206 e. The SMILES string of the molecule is CC[CH]C(=O)C(O)(CO)C(=O)CN. The minimum atomic E-state index is -2.34.